The van der Waals surface area contributed by atoms with Crippen LogP contribution >= 0.6 is 0 Å². The maximum absolute atomic E-state index is 12.2. The van der Waals surface area contributed by atoms with Gasteiger partial charge < -0.3 is 4.74 Å². The number of sulfonamides is 1. The molecular weight excluding hydrogens is 262 g/mol. The van der Waals surface area contributed by atoms with E-state index in [-0.39, 0.29) is 4.90 Å². The van der Waals surface area contributed by atoms with Crippen molar-refractivity contribution in [3.05, 3.63) is 54.1 Å². The van der Waals surface area contributed by atoms with E-state index in [1.807, 2.05) is 6.07 Å². The van der Waals surface area contributed by atoms with Crippen LogP contribution in [-0.2, 0) is 10.0 Å². The second kappa shape index (κ2) is 5.32. The Balaban J connectivity index is 2.32. The Kier molecular flexibility index (Phi) is 3.76. The summed E-state index contributed by atoms with van der Waals surface area (Å²) in [6.07, 6.45) is 0. The van der Waals surface area contributed by atoms with E-state index in [1.165, 1.54) is 6.07 Å². The molecule has 0 spiro atoms. The van der Waals surface area contributed by atoms with Crippen molar-refractivity contribution in [2.24, 2.45) is 0 Å². The standard InChI is InChI=1S/C14H15NO3S/c1-11-10-13(8-9-14(11)18-2)19(16,17)15-12-6-4-3-5-7-12/h3-10,15H,1-2H3. The maximum Gasteiger partial charge on any atom is 0.261 e. The minimum atomic E-state index is -3.57. The number of nitrogens with one attached hydrogen (secondary N) is 1. The predicted octanol–water partition coefficient (Wildman–Crippen LogP) is 2.80. The summed E-state index contributed by atoms with van der Waals surface area (Å²) < 4.78 is 32.0. The molecule has 0 radical (unpaired) electrons. The Morgan fingerprint density at radius 3 is 2.32 bits per heavy atom. The first-order valence-corrected chi connectivity index (χ1v) is 7.24. The molecule has 0 aliphatic carbocycles. The van der Waals surface area contributed by atoms with Crippen molar-refractivity contribution >= 4 is 15.7 Å². The molecular formula is C14H15NO3S. The van der Waals surface area contributed by atoms with E-state index in [2.05, 4.69) is 4.72 Å². The highest BCUT2D eigenvalue weighted by Crippen LogP contribution is 2.22. The van der Waals surface area contributed by atoms with Gasteiger partial charge in [0.2, 0.25) is 0 Å². The van der Waals surface area contributed by atoms with Crippen molar-refractivity contribution in [2.75, 3.05) is 11.8 Å². The first-order valence-electron chi connectivity index (χ1n) is 5.75. The second-order valence-corrected chi connectivity index (χ2v) is 5.79. The Hall–Kier alpha value is -2.01. The number of methoxy groups -OCH3 is 1. The summed E-state index contributed by atoms with van der Waals surface area (Å²) >= 11 is 0. The molecule has 0 bridgehead atoms. The van der Waals surface area contributed by atoms with Crippen LogP contribution in [0.5, 0.6) is 5.75 Å². The second-order valence-electron chi connectivity index (χ2n) is 4.10. The van der Waals surface area contributed by atoms with Crippen molar-refractivity contribution in [2.45, 2.75) is 11.8 Å². The third-order valence-electron chi connectivity index (χ3n) is 2.70. The smallest absolute Gasteiger partial charge is 0.261 e. The van der Waals surface area contributed by atoms with Crippen LogP contribution in [0.4, 0.5) is 5.69 Å². The molecule has 0 saturated carbocycles. The zero-order valence-electron chi connectivity index (χ0n) is 10.8. The molecule has 2 aromatic carbocycles. The lowest BCUT2D eigenvalue weighted by molar-refractivity contribution is 0.411. The monoisotopic (exact) mass is 277 g/mol. The molecule has 5 heteroatoms. The number of hydrogen-bond donors (Lipinski definition) is 1. The Morgan fingerprint density at radius 2 is 1.74 bits per heavy atom. The average molecular weight is 277 g/mol. The van der Waals surface area contributed by atoms with Gasteiger partial charge in [0.15, 0.2) is 0 Å². The molecule has 0 aliphatic rings. The van der Waals surface area contributed by atoms with Crippen LogP contribution in [-0.4, -0.2) is 15.5 Å². The van der Waals surface area contributed by atoms with Gasteiger partial charge in [-0.3, -0.25) is 4.72 Å². The van der Waals surface area contributed by atoms with Crippen LogP contribution in [0.25, 0.3) is 0 Å². The van der Waals surface area contributed by atoms with Crippen molar-refractivity contribution in [3.63, 3.8) is 0 Å². The normalized spacial score (nSPS) is 11.1. The van der Waals surface area contributed by atoms with Gasteiger partial charge in [-0.25, -0.2) is 8.42 Å². The van der Waals surface area contributed by atoms with Crippen molar-refractivity contribution in [1.82, 2.24) is 0 Å². The average Bonchev–Trinajstić information content (AvgIpc) is 2.39. The van der Waals surface area contributed by atoms with Crippen LogP contribution < -0.4 is 9.46 Å². The third kappa shape index (κ3) is 3.06. The molecule has 0 atom stereocenters. The number of anilines is 1. The summed E-state index contributed by atoms with van der Waals surface area (Å²) in [5.74, 6) is 0.665. The van der Waals surface area contributed by atoms with Gasteiger partial charge in [0.1, 0.15) is 5.75 Å². The molecule has 0 aliphatic heterocycles. The lowest BCUT2D eigenvalue weighted by Gasteiger charge is -2.10. The number of benzene rings is 2. The van der Waals surface area contributed by atoms with Crippen LogP contribution in [0.1, 0.15) is 5.56 Å². The van der Waals surface area contributed by atoms with Crippen molar-refractivity contribution in [3.8, 4) is 5.75 Å². The van der Waals surface area contributed by atoms with Crippen LogP contribution in [0.3, 0.4) is 0 Å². The summed E-state index contributed by atoms with van der Waals surface area (Å²) in [6, 6.07) is 13.5. The minimum absolute atomic E-state index is 0.217. The molecule has 2 rings (SSSR count). The largest absolute Gasteiger partial charge is 0.496 e. The van der Waals surface area contributed by atoms with Crippen molar-refractivity contribution < 1.29 is 13.2 Å². The third-order valence-corrected chi connectivity index (χ3v) is 4.08. The highest BCUT2D eigenvalue weighted by molar-refractivity contribution is 7.92. The topological polar surface area (TPSA) is 55.4 Å². The Bertz CT molecular complexity index is 666. The van der Waals surface area contributed by atoms with E-state index in [1.54, 1.807) is 50.4 Å². The zero-order chi connectivity index (χ0) is 13.9. The van der Waals surface area contributed by atoms with Gasteiger partial charge in [0.25, 0.3) is 10.0 Å². The lowest BCUT2D eigenvalue weighted by atomic mass is 10.2. The van der Waals surface area contributed by atoms with E-state index in [0.29, 0.717) is 11.4 Å². The summed E-state index contributed by atoms with van der Waals surface area (Å²) in [5, 5.41) is 0. The Labute approximate surface area is 113 Å². The van der Waals surface area contributed by atoms with E-state index in [4.69, 9.17) is 4.74 Å². The molecule has 0 heterocycles. The number of rotatable bonds is 4. The molecule has 19 heavy (non-hydrogen) atoms. The van der Waals surface area contributed by atoms with Crippen LogP contribution in [0, 0.1) is 6.92 Å². The zero-order valence-corrected chi connectivity index (χ0v) is 11.6. The minimum Gasteiger partial charge on any atom is -0.496 e. The molecule has 1 N–H and O–H groups in total. The fourth-order valence-corrected chi connectivity index (χ4v) is 2.88. The van der Waals surface area contributed by atoms with Gasteiger partial charge in [-0.2, -0.15) is 0 Å². The van der Waals surface area contributed by atoms with E-state index in [0.717, 1.165) is 5.56 Å². The van der Waals surface area contributed by atoms with E-state index < -0.39 is 10.0 Å². The number of hydrogen-bond acceptors (Lipinski definition) is 3. The number of aryl methyl sites for hydroxylation is 1. The van der Waals surface area contributed by atoms with Gasteiger partial charge in [-0.05, 0) is 42.8 Å². The lowest BCUT2D eigenvalue weighted by Crippen LogP contribution is -2.13. The van der Waals surface area contributed by atoms with Crippen molar-refractivity contribution in [1.29, 1.82) is 0 Å². The van der Waals surface area contributed by atoms with E-state index in [9.17, 15) is 8.42 Å². The number of para-hydroxylation sites is 1. The van der Waals surface area contributed by atoms with Crippen LogP contribution in [0.15, 0.2) is 53.4 Å². The molecule has 0 fully saturated rings. The summed E-state index contributed by atoms with van der Waals surface area (Å²) in [4.78, 5) is 0.217. The Morgan fingerprint density at radius 1 is 1.05 bits per heavy atom. The molecule has 2 aromatic rings. The quantitative estimate of drug-likeness (QED) is 0.935. The molecule has 0 saturated heterocycles. The molecule has 0 aromatic heterocycles. The number of ether oxygens (including phenoxy) is 1. The maximum atomic E-state index is 12.2. The highest BCUT2D eigenvalue weighted by Gasteiger charge is 2.15. The summed E-state index contributed by atoms with van der Waals surface area (Å²) in [7, 11) is -2.01. The predicted molar refractivity (Wildman–Crippen MR) is 75.0 cm³/mol. The SMILES string of the molecule is COc1ccc(S(=O)(=O)Nc2ccccc2)cc1C. The highest BCUT2D eigenvalue weighted by atomic mass is 32.2. The fourth-order valence-electron chi connectivity index (χ4n) is 1.74. The van der Waals surface area contributed by atoms with Gasteiger partial charge in [-0.1, -0.05) is 18.2 Å². The molecule has 4 nitrogen and oxygen atoms in total. The first kappa shape index (κ1) is 13.4. The van der Waals surface area contributed by atoms with Gasteiger partial charge >= 0.3 is 0 Å². The van der Waals surface area contributed by atoms with E-state index >= 15 is 0 Å². The fraction of sp³-hybridized carbons (Fsp3) is 0.143. The van der Waals surface area contributed by atoms with Gasteiger partial charge in [0, 0.05) is 5.69 Å². The van der Waals surface area contributed by atoms with Crippen LogP contribution in [0.2, 0.25) is 0 Å². The summed E-state index contributed by atoms with van der Waals surface area (Å²) in [6.45, 7) is 1.81. The van der Waals surface area contributed by atoms with Gasteiger partial charge in [0.05, 0.1) is 12.0 Å². The molecule has 0 amide bonds. The first-order chi connectivity index (χ1) is 9.03. The molecule has 0 unspecified atom stereocenters. The summed E-state index contributed by atoms with van der Waals surface area (Å²) in [5.41, 5.74) is 1.31. The molecule has 100 valence electrons. The van der Waals surface area contributed by atoms with Gasteiger partial charge in [-0.15, -0.1) is 0 Å².